The summed E-state index contributed by atoms with van der Waals surface area (Å²) in [5.74, 6) is 5.30. The van der Waals surface area contributed by atoms with E-state index in [2.05, 4.69) is 16.8 Å². The highest BCUT2D eigenvalue weighted by Gasteiger charge is 2.23. The predicted molar refractivity (Wildman–Crippen MR) is 139 cm³/mol. The SMILES string of the molecule is COC1CCN(C(=O)c2ccc(C#Cc3cccc(C(=O)O)c3-c3ccc4cc[nH]c4c3)cc2)CC1. The van der Waals surface area contributed by atoms with Crippen LogP contribution in [0, 0.1) is 11.8 Å². The van der Waals surface area contributed by atoms with Gasteiger partial charge in [0, 0.05) is 54.2 Å². The molecule has 180 valence electrons. The summed E-state index contributed by atoms with van der Waals surface area (Å²) < 4.78 is 5.39. The molecule has 0 atom stereocenters. The number of likely N-dealkylation sites (tertiary alicyclic amines) is 1. The van der Waals surface area contributed by atoms with Crippen LogP contribution in [0.5, 0.6) is 0 Å². The van der Waals surface area contributed by atoms with Crippen molar-refractivity contribution in [2.45, 2.75) is 18.9 Å². The summed E-state index contributed by atoms with van der Waals surface area (Å²) in [5.41, 5.74) is 4.50. The molecule has 2 N–H and O–H groups in total. The molecular weight excluding hydrogens is 452 g/mol. The molecule has 1 aromatic heterocycles. The van der Waals surface area contributed by atoms with Gasteiger partial charge in [-0.2, -0.15) is 0 Å². The fraction of sp³-hybridized carbons (Fsp3) is 0.200. The predicted octanol–water partition coefficient (Wildman–Crippen LogP) is 5.18. The van der Waals surface area contributed by atoms with Crippen LogP contribution < -0.4 is 0 Å². The number of aromatic carboxylic acids is 1. The molecule has 4 aromatic rings. The summed E-state index contributed by atoms with van der Waals surface area (Å²) in [6.45, 7) is 1.38. The van der Waals surface area contributed by atoms with E-state index in [0.717, 1.165) is 34.9 Å². The van der Waals surface area contributed by atoms with E-state index >= 15 is 0 Å². The van der Waals surface area contributed by atoms with Gasteiger partial charge >= 0.3 is 5.97 Å². The number of nitrogens with zero attached hydrogens (tertiary/aromatic N) is 1. The number of aromatic nitrogens is 1. The number of carbonyl (C=O) groups excluding carboxylic acids is 1. The van der Waals surface area contributed by atoms with Crippen LogP contribution in [-0.2, 0) is 4.74 Å². The van der Waals surface area contributed by atoms with Crippen molar-refractivity contribution in [2.24, 2.45) is 0 Å². The Morgan fingerprint density at radius 2 is 1.78 bits per heavy atom. The van der Waals surface area contributed by atoms with E-state index in [1.807, 2.05) is 53.6 Å². The van der Waals surface area contributed by atoms with Crippen LogP contribution in [0.15, 0.2) is 72.9 Å². The molecule has 0 radical (unpaired) electrons. The smallest absolute Gasteiger partial charge is 0.336 e. The zero-order valence-electron chi connectivity index (χ0n) is 20.0. The highest BCUT2D eigenvalue weighted by Crippen LogP contribution is 2.30. The van der Waals surface area contributed by atoms with Gasteiger partial charge in [0.2, 0.25) is 0 Å². The monoisotopic (exact) mass is 478 g/mol. The van der Waals surface area contributed by atoms with E-state index in [0.29, 0.717) is 29.8 Å². The summed E-state index contributed by atoms with van der Waals surface area (Å²) in [6, 6.07) is 20.2. The summed E-state index contributed by atoms with van der Waals surface area (Å²) in [6.07, 6.45) is 3.77. The van der Waals surface area contributed by atoms with E-state index in [4.69, 9.17) is 4.74 Å². The zero-order chi connectivity index (χ0) is 25.1. The molecule has 6 nitrogen and oxygen atoms in total. The molecule has 1 aliphatic heterocycles. The van der Waals surface area contributed by atoms with Gasteiger partial charge < -0.3 is 19.7 Å². The number of carboxylic acids is 1. The molecule has 36 heavy (non-hydrogen) atoms. The number of fused-ring (bicyclic) bond motifs is 1. The van der Waals surface area contributed by atoms with Crippen LogP contribution >= 0.6 is 0 Å². The molecule has 1 aliphatic rings. The first-order valence-electron chi connectivity index (χ1n) is 11.9. The van der Waals surface area contributed by atoms with Gasteiger partial charge in [0.15, 0.2) is 0 Å². The average molecular weight is 479 g/mol. The first-order valence-corrected chi connectivity index (χ1v) is 11.9. The van der Waals surface area contributed by atoms with Crippen molar-refractivity contribution in [3.05, 3.63) is 95.2 Å². The Hall–Kier alpha value is -4.34. The lowest BCUT2D eigenvalue weighted by molar-refractivity contribution is 0.0350. The fourth-order valence-corrected chi connectivity index (χ4v) is 4.66. The molecule has 0 unspecified atom stereocenters. The molecule has 1 saturated heterocycles. The molecule has 6 heteroatoms. The van der Waals surface area contributed by atoms with Gasteiger partial charge in [-0.3, -0.25) is 4.79 Å². The number of piperidine rings is 1. The molecule has 2 heterocycles. The van der Waals surface area contributed by atoms with E-state index in [9.17, 15) is 14.7 Å². The van der Waals surface area contributed by atoms with Crippen LogP contribution in [0.25, 0.3) is 22.0 Å². The number of carboxylic acid groups (broad SMARTS) is 1. The van der Waals surface area contributed by atoms with Crippen molar-refractivity contribution >= 4 is 22.8 Å². The highest BCUT2D eigenvalue weighted by molar-refractivity contribution is 5.99. The van der Waals surface area contributed by atoms with Crippen LogP contribution in [0.2, 0.25) is 0 Å². The number of benzene rings is 3. The number of hydrogen-bond donors (Lipinski definition) is 2. The number of methoxy groups -OCH3 is 1. The molecule has 3 aromatic carbocycles. The Bertz CT molecular complexity index is 1480. The Balaban J connectivity index is 1.42. The minimum absolute atomic E-state index is 0.0141. The number of nitrogens with one attached hydrogen (secondary N) is 1. The maximum atomic E-state index is 12.9. The second kappa shape index (κ2) is 10.1. The van der Waals surface area contributed by atoms with Gasteiger partial charge in [0.05, 0.1) is 11.7 Å². The standard InChI is InChI=1S/C30H26N2O4/c1-36-25-14-17-32(18-15-25)29(33)23-9-6-20(7-10-23)5-8-22-3-2-4-26(30(34)35)28(22)24-12-11-21-13-16-31-27(21)19-24/h2-4,6-7,9-13,16,19,25,31H,14-15,17-18H2,1H3,(H,34,35). The van der Waals surface area contributed by atoms with Crippen molar-refractivity contribution < 1.29 is 19.4 Å². The summed E-state index contributed by atoms with van der Waals surface area (Å²) in [5, 5.41) is 10.9. The number of ether oxygens (including phenoxy) is 1. The van der Waals surface area contributed by atoms with E-state index < -0.39 is 5.97 Å². The van der Waals surface area contributed by atoms with E-state index in [1.54, 1.807) is 31.4 Å². The second-order valence-corrected chi connectivity index (χ2v) is 8.87. The van der Waals surface area contributed by atoms with Crippen molar-refractivity contribution in [1.29, 1.82) is 0 Å². The van der Waals surface area contributed by atoms with Gasteiger partial charge in [-0.05, 0) is 72.3 Å². The third-order valence-electron chi connectivity index (χ3n) is 6.67. The van der Waals surface area contributed by atoms with Gasteiger partial charge in [-0.1, -0.05) is 30.0 Å². The van der Waals surface area contributed by atoms with Gasteiger partial charge in [0.1, 0.15) is 0 Å². The molecule has 1 fully saturated rings. The molecule has 0 bridgehead atoms. The zero-order valence-corrected chi connectivity index (χ0v) is 20.0. The Morgan fingerprint density at radius 1 is 1.00 bits per heavy atom. The molecule has 0 saturated carbocycles. The van der Waals surface area contributed by atoms with Crippen LogP contribution in [-0.4, -0.2) is 53.2 Å². The number of aromatic amines is 1. The van der Waals surface area contributed by atoms with Crippen molar-refractivity contribution in [2.75, 3.05) is 20.2 Å². The molecular formula is C30H26N2O4. The number of hydrogen-bond acceptors (Lipinski definition) is 3. The summed E-state index contributed by atoms with van der Waals surface area (Å²) in [7, 11) is 1.71. The quantitative estimate of drug-likeness (QED) is 0.396. The molecule has 0 spiro atoms. The summed E-state index contributed by atoms with van der Waals surface area (Å²) in [4.78, 5) is 29.9. The van der Waals surface area contributed by atoms with Gasteiger partial charge in [0.25, 0.3) is 5.91 Å². The maximum Gasteiger partial charge on any atom is 0.336 e. The van der Waals surface area contributed by atoms with Gasteiger partial charge in [-0.25, -0.2) is 4.79 Å². The van der Waals surface area contributed by atoms with Crippen molar-refractivity contribution in [3.63, 3.8) is 0 Å². The first kappa shape index (κ1) is 23.4. The number of rotatable bonds is 4. The highest BCUT2D eigenvalue weighted by atomic mass is 16.5. The van der Waals surface area contributed by atoms with Gasteiger partial charge in [-0.15, -0.1) is 0 Å². The normalized spacial score (nSPS) is 13.9. The van der Waals surface area contributed by atoms with Crippen LogP contribution in [0.1, 0.15) is 44.7 Å². The third kappa shape index (κ3) is 4.74. The molecule has 5 rings (SSSR count). The third-order valence-corrected chi connectivity index (χ3v) is 6.67. The van der Waals surface area contributed by atoms with E-state index in [-0.39, 0.29) is 17.6 Å². The Kier molecular flexibility index (Phi) is 6.57. The molecule has 0 aliphatic carbocycles. The average Bonchev–Trinajstić information content (AvgIpc) is 3.39. The Morgan fingerprint density at radius 3 is 2.50 bits per heavy atom. The topological polar surface area (TPSA) is 82.6 Å². The minimum Gasteiger partial charge on any atom is -0.478 e. The minimum atomic E-state index is -1.00. The summed E-state index contributed by atoms with van der Waals surface area (Å²) >= 11 is 0. The van der Waals surface area contributed by atoms with Crippen LogP contribution in [0.3, 0.4) is 0 Å². The van der Waals surface area contributed by atoms with Crippen LogP contribution in [0.4, 0.5) is 0 Å². The largest absolute Gasteiger partial charge is 0.478 e. The number of amides is 1. The fourth-order valence-electron chi connectivity index (χ4n) is 4.66. The van der Waals surface area contributed by atoms with Crippen molar-refractivity contribution in [1.82, 2.24) is 9.88 Å². The lowest BCUT2D eigenvalue weighted by Gasteiger charge is -2.31. The Labute approximate surface area is 209 Å². The second-order valence-electron chi connectivity index (χ2n) is 8.87. The van der Waals surface area contributed by atoms with E-state index in [1.165, 1.54) is 0 Å². The maximum absolute atomic E-state index is 12.9. The van der Waals surface area contributed by atoms with Crippen molar-refractivity contribution in [3.8, 4) is 23.0 Å². The molecule has 1 amide bonds. The lowest BCUT2D eigenvalue weighted by Crippen LogP contribution is -2.40. The number of H-pyrrole nitrogens is 1. The number of carbonyl (C=O) groups is 2. The first-order chi connectivity index (χ1) is 17.5. The lowest BCUT2D eigenvalue weighted by atomic mass is 9.93.